The van der Waals surface area contributed by atoms with Gasteiger partial charge in [-0.15, -0.1) is 0 Å². The first-order valence-corrected chi connectivity index (χ1v) is 8.97. The van der Waals surface area contributed by atoms with E-state index in [0.717, 1.165) is 35.7 Å². The molecule has 0 atom stereocenters. The Bertz CT molecular complexity index is 677. The summed E-state index contributed by atoms with van der Waals surface area (Å²) in [4.78, 5) is 15.2. The zero-order valence-corrected chi connectivity index (χ0v) is 15.1. The number of carbonyl (C=O) groups is 1. The van der Waals surface area contributed by atoms with Gasteiger partial charge in [0.1, 0.15) is 0 Å². The first-order valence-electron chi connectivity index (χ1n) is 8.18. The Hall–Kier alpha value is -1.61. The summed E-state index contributed by atoms with van der Waals surface area (Å²) in [7, 11) is 1.92. The third-order valence-corrected chi connectivity index (χ3v) is 5.68. The highest BCUT2D eigenvalue weighted by Crippen LogP contribution is 2.42. The molecule has 1 saturated carbocycles. The number of likely N-dealkylation sites (N-methyl/N-ethyl adjacent to an activating group) is 1. The minimum Gasteiger partial charge on any atom is -0.341 e. The van der Waals surface area contributed by atoms with Crippen molar-refractivity contribution in [1.82, 2.24) is 4.90 Å². The lowest BCUT2D eigenvalue weighted by Crippen LogP contribution is -2.43. The molecule has 2 nitrogen and oxygen atoms in total. The summed E-state index contributed by atoms with van der Waals surface area (Å²) in [6.45, 7) is 0.634. The predicted molar refractivity (Wildman–Crippen MR) is 97.2 cm³/mol. The molecule has 23 heavy (non-hydrogen) atoms. The summed E-state index contributed by atoms with van der Waals surface area (Å²) >= 11 is 3.58. The van der Waals surface area contributed by atoms with E-state index in [1.807, 2.05) is 48.3 Å². The van der Waals surface area contributed by atoms with Gasteiger partial charge < -0.3 is 4.90 Å². The van der Waals surface area contributed by atoms with Crippen LogP contribution in [0.2, 0.25) is 0 Å². The van der Waals surface area contributed by atoms with E-state index in [0.29, 0.717) is 6.54 Å². The zero-order chi connectivity index (χ0) is 16.3. The van der Waals surface area contributed by atoms with Gasteiger partial charge in [0.2, 0.25) is 5.91 Å². The van der Waals surface area contributed by atoms with Crippen LogP contribution in [-0.2, 0) is 16.8 Å². The third kappa shape index (κ3) is 3.20. The number of rotatable bonds is 4. The Labute approximate surface area is 146 Å². The molecule has 0 aromatic heterocycles. The second-order valence-electron chi connectivity index (χ2n) is 6.41. The van der Waals surface area contributed by atoms with Crippen LogP contribution in [-0.4, -0.2) is 17.9 Å². The Morgan fingerprint density at radius 1 is 1.04 bits per heavy atom. The van der Waals surface area contributed by atoms with Crippen LogP contribution in [0.3, 0.4) is 0 Å². The molecule has 0 bridgehead atoms. The van der Waals surface area contributed by atoms with Crippen molar-refractivity contribution >= 4 is 21.8 Å². The van der Waals surface area contributed by atoms with Crippen molar-refractivity contribution in [2.45, 2.75) is 37.6 Å². The molecule has 3 rings (SSSR count). The van der Waals surface area contributed by atoms with E-state index >= 15 is 0 Å². The van der Waals surface area contributed by atoms with Gasteiger partial charge in [-0.25, -0.2) is 0 Å². The number of halogens is 1. The Balaban J connectivity index is 1.86. The molecule has 0 radical (unpaired) electrons. The van der Waals surface area contributed by atoms with Crippen LogP contribution in [0.4, 0.5) is 0 Å². The topological polar surface area (TPSA) is 20.3 Å². The van der Waals surface area contributed by atoms with Crippen molar-refractivity contribution in [1.29, 1.82) is 0 Å². The van der Waals surface area contributed by atoms with Crippen LogP contribution in [0.1, 0.15) is 36.8 Å². The normalized spacial score (nSPS) is 16.3. The quantitative estimate of drug-likeness (QED) is 0.746. The largest absolute Gasteiger partial charge is 0.341 e. The van der Waals surface area contributed by atoms with Crippen LogP contribution in [0.25, 0.3) is 0 Å². The fourth-order valence-electron chi connectivity index (χ4n) is 3.68. The third-order valence-electron chi connectivity index (χ3n) is 4.90. The number of hydrogen-bond donors (Lipinski definition) is 0. The van der Waals surface area contributed by atoms with Gasteiger partial charge in [-0.05, 0) is 30.0 Å². The number of benzene rings is 2. The predicted octanol–water partition coefficient (Wildman–Crippen LogP) is 4.92. The smallest absolute Gasteiger partial charge is 0.233 e. The Morgan fingerprint density at radius 2 is 1.65 bits per heavy atom. The van der Waals surface area contributed by atoms with Crippen molar-refractivity contribution in [3.8, 4) is 0 Å². The monoisotopic (exact) mass is 371 g/mol. The Kier molecular flexibility index (Phi) is 4.86. The fourth-order valence-corrected chi connectivity index (χ4v) is 4.09. The average Bonchev–Trinajstić information content (AvgIpc) is 3.08. The summed E-state index contributed by atoms with van der Waals surface area (Å²) in [6, 6.07) is 18.4. The van der Waals surface area contributed by atoms with Gasteiger partial charge in [-0.3, -0.25) is 4.79 Å². The van der Waals surface area contributed by atoms with Gasteiger partial charge >= 0.3 is 0 Å². The maximum absolute atomic E-state index is 13.3. The molecular formula is C20H22BrNO. The van der Waals surface area contributed by atoms with Crippen LogP contribution in [0, 0.1) is 0 Å². The second kappa shape index (κ2) is 6.88. The van der Waals surface area contributed by atoms with Crippen molar-refractivity contribution in [3.63, 3.8) is 0 Å². The van der Waals surface area contributed by atoms with Crippen LogP contribution in [0.5, 0.6) is 0 Å². The highest BCUT2D eigenvalue weighted by atomic mass is 79.9. The molecule has 2 aromatic rings. The molecule has 2 aromatic carbocycles. The van der Waals surface area contributed by atoms with Gasteiger partial charge in [0.25, 0.3) is 0 Å². The summed E-state index contributed by atoms with van der Waals surface area (Å²) in [5.41, 5.74) is 1.98. The molecule has 120 valence electrons. The summed E-state index contributed by atoms with van der Waals surface area (Å²) < 4.78 is 1.06. The molecule has 1 aliphatic carbocycles. The summed E-state index contributed by atoms with van der Waals surface area (Å²) in [6.07, 6.45) is 4.17. The maximum atomic E-state index is 13.3. The van der Waals surface area contributed by atoms with Gasteiger partial charge in [0, 0.05) is 18.1 Å². The highest BCUT2D eigenvalue weighted by molar-refractivity contribution is 9.10. The lowest BCUT2D eigenvalue weighted by Gasteiger charge is -2.33. The number of carbonyl (C=O) groups excluding carboxylic acids is 1. The lowest BCUT2D eigenvalue weighted by atomic mass is 9.77. The standard InChI is InChI=1S/C20H22BrNO/c1-22(15-16-9-5-6-12-18(16)21)19(23)20(13-7-8-14-20)17-10-3-2-4-11-17/h2-6,9-12H,7-8,13-15H2,1H3. The molecule has 1 fully saturated rings. The molecule has 0 N–H and O–H groups in total. The maximum Gasteiger partial charge on any atom is 0.233 e. The molecular weight excluding hydrogens is 350 g/mol. The van der Waals surface area contributed by atoms with Gasteiger partial charge in [-0.1, -0.05) is 77.3 Å². The Morgan fingerprint density at radius 3 is 2.30 bits per heavy atom. The van der Waals surface area contributed by atoms with Crippen LogP contribution < -0.4 is 0 Å². The van der Waals surface area contributed by atoms with E-state index < -0.39 is 0 Å². The number of nitrogens with zero attached hydrogens (tertiary/aromatic N) is 1. The lowest BCUT2D eigenvalue weighted by molar-refractivity contribution is -0.136. The molecule has 0 spiro atoms. The molecule has 0 aliphatic heterocycles. The molecule has 1 aliphatic rings. The SMILES string of the molecule is CN(Cc1ccccc1Br)C(=O)C1(c2ccccc2)CCCC1. The van der Waals surface area contributed by atoms with Crippen molar-refractivity contribution in [3.05, 3.63) is 70.2 Å². The highest BCUT2D eigenvalue weighted by Gasteiger charge is 2.44. The van der Waals surface area contributed by atoms with Gasteiger partial charge in [-0.2, -0.15) is 0 Å². The second-order valence-corrected chi connectivity index (χ2v) is 7.26. The minimum atomic E-state index is -0.336. The van der Waals surface area contributed by atoms with E-state index in [9.17, 15) is 4.79 Å². The van der Waals surface area contributed by atoms with E-state index in [2.05, 4.69) is 34.1 Å². The van der Waals surface area contributed by atoms with Crippen molar-refractivity contribution in [2.75, 3.05) is 7.05 Å². The first kappa shape index (κ1) is 16.3. The van der Waals surface area contributed by atoms with E-state index in [-0.39, 0.29) is 11.3 Å². The van der Waals surface area contributed by atoms with E-state index in [4.69, 9.17) is 0 Å². The van der Waals surface area contributed by atoms with E-state index in [1.54, 1.807) is 0 Å². The molecule has 1 amide bonds. The summed E-state index contributed by atoms with van der Waals surface area (Å²) in [5.74, 6) is 0.247. The zero-order valence-electron chi connectivity index (χ0n) is 13.5. The van der Waals surface area contributed by atoms with Crippen LogP contribution >= 0.6 is 15.9 Å². The number of amides is 1. The fraction of sp³-hybridized carbons (Fsp3) is 0.350. The first-order chi connectivity index (χ1) is 11.1. The van der Waals surface area contributed by atoms with Gasteiger partial charge in [0.05, 0.1) is 5.41 Å². The molecule has 0 heterocycles. The molecule has 3 heteroatoms. The summed E-state index contributed by atoms with van der Waals surface area (Å²) in [5, 5.41) is 0. The van der Waals surface area contributed by atoms with Gasteiger partial charge in [0.15, 0.2) is 0 Å². The van der Waals surface area contributed by atoms with Crippen molar-refractivity contribution in [2.24, 2.45) is 0 Å². The number of hydrogen-bond acceptors (Lipinski definition) is 1. The van der Waals surface area contributed by atoms with Crippen molar-refractivity contribution < 1.29 is 4.79 Å². The average molecular weight is 372 g/mol. The molecule has 0 saturated heterocycles. The molecule has 0 unspecified atom stereocenters. The van der Waals surface area contributed by atoms with Crippen LogP contribution in [0.15, 0.2) is 59.1 Å². The van der Waals surface area contributed by atoms with E-state index in [1.165, 1.54) is 5.56 Å². The minimum absolute atomic E-state index is 0.247.